The van der Waals surface area contributed by atoms with Crippen molar-refractivity contribution in [2.45, 2.75) is 9.79 Å². The highest BCUT2D eigenvalue weighted by molar-refractivity contribution is 7.99. The van der Waals surface area contributed by atoms with E-state index in [2.05, 4.69) is 22.7 Å². The third-order valence-electron chi connectivity index (χ3n) is 2.54. The van der Waals surface area contributed by atoms with E-state index in [-0.39, 0.29) is 10.8 Å². The van der Waals surface area contributed by atoms with Gasteiger partial charge >= 0.3 is 0 Å². The van der Waals surface area contributed by atoms with Gasteiger partial charge in [0, 0.05) is 16.5 Å². The summed E-state index contributed by atoms with van der Waals surface area (Å²) in [6.07, 6.45) is 1.42. The molecule has 2 rings (SSSR count). The average molecular weight is 332 g/mol. The van der Waals surface area contributed by atoms with Crippen LogP contribution in [0.1, 0.15) is 5.56 Å². The number of rotatable bonds is 5. The molecule has 0 saturated heterocycles. The molecule has 8 heteroatoms. The van der Waals surface area contributed by atoms with E-state index in [0.29, 0.717) is 10.5 Å². The molecule has 0 spiro atoms. The van der Waals surface area contributed by atoms with Crippen molar-refractivity contribution < 1.29 is 4.92 Å². The Morgan fingerprint density at radius 3 is 2.68 bits per heavy atom. The van der Waals surface area contributed by atoms with Crippen molar-refractivity contribution in [3.05, 3.63) is 64.2 Å². The summed E-state index contributed by atoms with van der Waals surface area (Å²) in [6, 6.07) is 14.3. The molecule has 0 atom stereocenters. The Bertz CT molecular complexity index is 720. The molecule has 2 aromatic rings. The topological polar surface area (TPSA) is 93.5 Å². The van der Waals surface area contributed by atoms with Gasteiger partial charge in [-0.25, -0.2) is 0 Å². The molecular formula is C14H12N4O2S2. The number of nitrogens with zero attached hydrogens (tertiary/aromatic N) is 2. The van der Waals surface area contributed by atoms with Crippen LogP contribution in [0.4, 0.5) is 5.69 Å². The minimum Gasteiger partial charge on any atom is -0.375 e. The lowest BCUT2D eigenvalue weighted by Gasteiger charge is -2.04. The van der Waals surface area contributed by atoms with Gasteiger partial charge in [-0.15, -0.1) is 0 Å². The molecule has 3 N–H and O–H groups in total. The number of nitrogens with one attached hydrogen (secondary N) is 1. The SMILES string of the molecule is NC(=S)NN=Cc1ccc(Sc2ccccc2)c([N+](=O)[O-])c1. The Kier molecular flexibility index (Phi) is 5.45. The lowest BCUT2D eigenvalue weighted by Crippen LogP contribution is -2.23. The van der Waals surface area contributed by atoms with Crippen LogP contribution in [0.25, 0.3) is 0 Å². The number of hydrogen-bond donors (Lipinski definition) is 2. The summed E-state index contributed by atoms with van der Waals surface area (Å²) in [7, 11) is 0. The Balaban J connectivity index is 2.26. The van der Waals surface area contributed by atoms with Crippen LogP contribution in [0.15, 0.2) is 63.4 Å². The van der Waals surface area contributed by atoms with Gasteiger partial charge in [0.05, 0.1) is 16.0 Å². The van der Waals surface area contributed by atoms with Crippen molar-refractivity contribution in [2.24, 2.45) is 10.8 Å². The number of benzene rings is 2. The fourth-order valence-electron chi connectivity index (χ4n) is 1.63. The van der Waals surface area contributed by atoms with E-state index in [9.17, 15) is 10.1 Å². The maximum absolute atomic E-state index is 11.2. The standard InChI is InChI=1S/C14H12N4O2S2/c15-14(21)17-16-9-10-6-7-13(12(8-10)18(19)20)22-11-4-2-1-3-5-11/h1-9H,(H3,15,17,21). The second-order valence-corrected chi connectivity index (χ2v) is 5.69. The van der Waals surface area contributed by atoms with E-state index >= 15 is 0 Å². The monoisotopic (exact) mass is 332 g/mol. The highest BCUT2D eigenvalue weighted by atomic mass is 32.2. The number of nitro benzene ring substituents is 1. The quantitative estimate of drug-likeness (QED) is 0.378. The Labute approximate surface area is 136 Å². The Hall–Kier alpha value is -2.45. The van der Waals surface area contributed by atoms with E-state index in [0.717, 1.165) is 4.90 Å². The largest absolute Gasteiger partial charge is 0.375 e. The maximum atomic E-state index is 11.2. The molecule has 0 saturated carbocycles. The molecule has 0 unspecified atom stereocenters. The predicted molar refractivity (Wildman–Crippen MR) is 91.2 cm³/mol. The minimum absolute atomic E-state index is 0.0214. The number of thiocarbonyl (C=S) groups is 1. The number of hydrogen-bond acceptors (Lipinski definition) is 5. The molecule has 0 aromatic heterocycles. The summed E-state index contributed by atoms with van der Waals surface area (Å²) in [5, 5.41) is 15.1. The third kappa shape index (κ3) is 4.54. The molecule has 0 aliphatic rings. The van der Waals surface area contributed by atoms with Gasteiger partial charge in [-0.3, -0.25) is 15.5 Å². The summed E-state index contributed by atoms with van der Waals surface area (Å²) in [5.41, 5.74) is 8.24. The second kappa shape index (κ2) is 7.53. The van der Waals surface area contributed by atoms with Crippen molar-refractivity contribution in [1.82, 2.24) is 5.43 Å². The molecule has 6 nitrogen and oxygen atoms in total. The molecule has 2 aromatic carbocycles. The van der Waals surface area contributed by atoms with Crippen LogP contribution in [-0.2, 0) is 0 Å². The first kappa shape index (κ1) is 15.9. The third-order valence-corrected chi connectivity index (χ3v) is 3.70. The van der Waals surface area contributed by atoms with E-state index in [1.807, 2.05) is 30.3 Å². The van der Waals surface area contributed by atoms with Gasteiger partial charge < -0.3 is 5.73 Å². The highest BCUT2D eigenvalue weighted by Crippen LogP contribution is 2.34. The van der Waals surface area contributed by atoms with E-state index in [1.165, 1.54) is 24.0 Å². The summed E-state index contributed by atoms with van der Waals surface area (Å²) < 4.78 is 0. The molecule has 0 aliphatic carbocycles. The zero-order chi connectivity index (χ0) is 15.9. The van der Waals surface area contributed by atoms with Gasteiger partial charge in [0.25, 0.3) is 5.69 Å². The van der Waals surface area contributed by atoms with E-state index in [4.69, 9.17) is 5.73 Å². The molecule has 112 valence electrons. The van der Waals surface area contributed by atoms with Crippen LogP contribution >= 0.6 is 24.0 Å². The zero-order valence-corrected chi connectivity index (χ0v) is 12.9. The van der Waals surface area contributed by atoms with Crippen LogP contribution in [0.2, 0.25) is 0 Å². The van der Waals surface area contributed by atoms with Crippen LogP contribution in [-0.4, -0.2) is 16.3 Å². The second-order valence-electron chi connectivity index (χ2n) is 4.13. The van der Waals surface area contributed by atoms with Crippen molar-refractivity contribution in [3.8, 4) is 0 Å². The summed E-state index contributed by atoms with van der Waals surface area (Å²) in [4.78, 5) is 12.3. The zero-order valence-electron chi connectivity index (χ0n) is 11.3. The predicted octanol–water partition coefficient (Wildman–Crippen LogP) is 2.91. The van der Waals surface area contributed by atoms with Crippen molar-refractivity contribution in [1.29, 1.82) is 0 Å². The fourth-order valence-corrected chi connectivity index (χ4v) is 2.60. The number of hydrazone groups is 1. The first-order valence-corrected chi connectivity index (χ1v) is 7.38. The van der Waals surface area contributed by atoms with Crippen LogP contribution in [0.5, 0.6) is 0 Å². The molecule has 0 aliphatic heterocycles. The van der Waals surface area contributed by atoms with Crippen LogP contribution in [0, 0.1) is 10.1 Å². The van der Waals surface area contributed by atoms with Crippen molar-refractivity contribution >= 4 is 41.0 Å². The van der Waals surface area contributed by atoms with Gasteiger partial charge in [-0.2, -0.15) is 5.10 Å². The number of nitro groups is 1. The van der Waals surface area contributed by atoms with Gasteiger partial charge in [0.15, 0.2) is 5.11 Å². The first-order chi connectivity index (χ1) is 10.6. The lowest BCUT2D eigenvalue weighted by molar-refractivity contribution is -0.387. The van der Waals surface area contributed by atoms with Gasteiger partial charge in [-0.05, 0) is 30.4 Å². The normalized spacial score (nSPS) is 10.5. The van der Waals surface area contributed by atoms with E-state index in [1.54, 1.807) is 12.1 Å². The van der Waals surface area contributed by atoms with Crippen molar-refractivity contribution in [3.63, 3.8) is 0 Å². The number of nitrogens with two attached hydrogens (primary N) is 1. The molecule has 0 fully saturated rings. The highest BCUT2D eigenvalue weighted by Gasteiger charge is 2.15. The minimum atomic E-state index is -0.413. The van der Waals surface area contributed by atoms with Crippen molar-refractivity contribution in [2.75, 3.05) is 0 Å². The molecule has 0 heterocycles. The molecular weight excluding hydrogens is 320 g/mol. The van der Waals surface area contributed by atoms with Gasteiger partial charge in [-0.1, -0.05) is 36.0 Å². The molecule has 0 amide bonds. The molecule has 22 heavy (non-hydrogen) atoms. The van der Waals surface area contributed by atoms with E-state index < -0.39 is 4.92 Å². The van der Waals surface area contributed by atoms with Crippen LogP contribution in [0.3, 0.4) is 0 Å². The average Bonchev–Trinajstić information content (AvgIpc) is 2.49. The summed E-state index contributed by atoms with van der Waals surface area (Å²) >= 11 is 5.95. The Morgan fingerprint density at radius 2 is 2.05 bits per heavy atom. The van der Waals surface area contributed by atoms with Gasteiger partial charge in [0.1, 0.15) is 0 Å². The first-order valence-electron chi connectivity index (χ1n) is 6.16. The maximum Gasteiger partial charge on any atom is 0.283 e. The Morgan fingerprint density at radius 1 is 1.32 bits per heavy atom. The van der Waals surface area contributed by atoms with Crippen LogP contribution < -0.4 is 11.2 Å². The van der Waals surface area contributed by atoms with Gasteiger partial charge in [0.2, 0.25) is 0 Å². The summed E-state index contributed by atoms with van der Waals surface area (Å²) in [5.74, 6) is 0. The smallest absolute Gasteiger partial charge is 0.283 e. The molecule has 0 bridgehead atoms. The summed E-state index contributed by atoms with van der Waals surface area (Å²) in [6.45, 7) is 0. The molecule has 0 radical (unpaired) electrons. The fraction of sp³-hybridized carbons (Fsp3) is 0. The lowest BCUT2D eigenvalue weighted by atomic mass is 10.2.